The molecule has 0 saturated heterocycles. The van der Waals surface area contributed by atoms with Crippen LogP contribution in [0.5, 0.6) is 5.75 Å². The number of fused-ring (bicyclic) bond motifs is 3. The maximum Gasteiger partial charge on any atom is 0.257 e. The Balaban J connectivity index is 1.15. The first-order chi connectivity index (χ1) is 18.8. The summed E-state index contributed by atoms with van der Waals surface area (Å²) in [6.45, 7) is 8.58. The smallest absolute Gasteiger partial charge is 0.257 e. The summed E-state index contributed by atoms with van der Waals surface area (Å²) in [7, 11) is 0. The Kier molecular flexibility index (Phi) is 6.69. The Bertz CT molecular complexity index is 1400. The average molecular weight is 529 g/mol. The molecule has 0 radical (unpaired) electrons. The molecule has 0 bridgehead atoms. The van der Waals surface area contributed by atoms with Crippen LogP contribution < -0.4 is 4.74 Å². The highest BCUT2D eigenvalue weighted by Crippen LogP contribution is 2.31. The van der Waals surface area contributed by atoms with Crippen molar-refractivity contribution in [2.75, 3.05) is 32.7 Å². The molecule has 6 rings (SSSR count). The van der Waals surface area contributed by atoms with Crippen LogP contribution in [0, 0.1) is 0 Å². The lowest BCUT2D eigenvalue weighted by Crippen LogP contribution is -2.48. The lowest BCUT2D eigenvalue weighted by atomic mass is 9.99. The van der Waals surface area contributed by atoms with Gasteiger partial charge in [0.05, 0.1) is 24.8 Å². The summed E-state index contributed by atoms with van der Waals surface area (Å²) in [5, 5.41) is 11.0. The molecule has 0 aliphatic carbocycles. The van der Waals surface area contributed by atoms with Crippen molar-refractivity contribution in [3.63, 3.8) is 0 Å². The SMILES string of the molecule is CC1(C)CN(CC(O)CN2CCc3ccccc3C2)C(=O)c2ccc(C(=O)N3CCn4cccc4C3)cc2O1. The number of nitrogens with zero attached hydrogens (tertiary/aromatic N) is 4. The molecule has 39 heavy (non-hydrogen) atoms. The van der Waals surface area contributed by atoms with Crippen molar-refractivity contribution in [3.05, 3.63) is 88.7 Å². The summed E-state index contributed by atoms with van der Waals surface area (Å²) < 4.78 is 8.47. The third-order valence-electron chi connectivity index (χ3n) is 7.99. The van der Waals surface area contributed by atoms with Crippen molar-refractivity contribution in [2.45, 2.75) is 51.6 Å². The maximum absolute atomic E-state index is 13.6. The number of amides is 2. The highest BCUT2D eigenvalue weighted by Gasteiger charge is 2.35. The molecule has 2 amide bonds. The minimum atomic E-state index is -0.685. The van der Waals surface area contributed by atoms with Gasteiger partial charge < -0.3 is 24.2 Å². The van der Waals surface area contributed by atoms with Crippen molar-refractivity contribution < 1.29 is 19.4 Å². The van der Waals surface area contributed by atoms with E-state index in [1.165, 1.54) is 11.1 Å². The largest absolute Gasteiger partial charge is 0.485 e. The Morgan fingerprint density at radius 2 is 1.82 bits per heavy atom. The zero-order chi connectivity index (χ0) is 27.1. The number of aliphatic hydroxyl groups is 1. The van der Waals surface area contributed by atoms with Crippen molar-refractivity contribution >= 4 is 11.8 Å². The summed E-state index contributed by atoms with van der Waals surface area (Å²) in [6.07, 6.45) is 2.32. The van der Waals surface area contributed by atoms with E-state index in [1.54, 1.807) is 23.1 Å². The molecule has 0 fully saturated rings. The second kappa shape index (κ2) is 10.2. The number of benzene rings is 2. The number of β-amino-alcohol motifs (C(OH)–C–C–N with tert-alkyl or cyclic N) is 1. The molecule has 0 saturated carbocycles. The van der Waals surface area contributed by atoms with E-state index >= 15 is 0 Å². The van der Waals surface area contributed by atoms with Crippen LogP contribution in [0.1, 0.15) is 51.4 Å². The topological polar surface area (TPSA) is 78.3 Å². The quantitative estimate of drug-likeness (QED) is 0.551. The van der Waals surface area contributed by atoms with Crippen molar-refractivity contribution in [2.24, 2.45) is 0 Å². The van der Waals surface area contributed by atoms with E-state index in [9.17, 15) is 14.7 Å². The van der Waals surface area contributed by atoms with Crippen LogP contribution in [0.4, 0.5) is 0 Å². The van der Waals surface area contributed by atoms with Gasteiger partial charge in [-0.25, -0.2) is 0 Å². The third kappa shape index (κ3) is 5.31. The summed E-state index contributed by atoms with van der Waals surface area (Å²) in [6, 6.07) is 17.6. The van der Waals surface area contributed by atoms with Crippen molar-refractivity contribution in [3.8, 4) is 5.75 Å². The highest BCUT2D eigenvalue weighted by atomic mass is 16.5. The zero-order valence-corrected chi connectivity index (χ0v) is 22.7. The molecule has 4 heterocycles. The zero-order valence-electron chi connectivity index (χ0n) is 22.7. The average Bonchev–Trinajstić information content (AvgIpc) is 3.36. The van der Waals surface area contributed by atoms with Gasteiger partial charge in [-0.05, 0) is 61.7 Å². The van der Waals surface area contributed by atoms with Gasteiger partial charge in [-0.3, -0.25) is 14.5 Å². The van der Waals surface area contributed by atoms with Crippen LogP contribution in [0.15, 0.2) is 60.8 Å². The predicted octanol–water partition coefficient (Wildman–Crippen LogP) is 3.18. The first-order valence-electron chi connectivity index (χ1n) is 13.8. The Morgan fingerprint density at radius 3 is 2.67 bits per heavy atom. The number of carbonyl (C=O) groups is 2. The molecule has 8 heteroatoms. The van der Waals surface area contributed by atoms with Crippen molar-refractivity contribution in [1.82, 2.24) is 19.3 Å². The number of ether oxygens (including phenoxy) is 1. The molecule has 2 aromatic carbocycles. The standard InChI is InChI=1S/C31H36N4O4/c1-31(2)21-35(20-26(36)19-32-13-11-22-6-3-4-7-24(22)17-32)30(38)27-10-9-23(16-28(27)39-31)29(37)34-15-14-33-12-5-8-25(33)18-34/h3-10,12,16,26,36H,11,13-15,17-21H2,1-2H3. The molecule has 3 aliphatic rings. The molecule has 3 aliphatic heterocycles. The van der Waals surface area contributed by atoms with Gasteiger partial charge in [0.1, 0.15) is 11.4 Å². The van der Waals surface area contributed by atoms with Crippen LogP contribution in [0.3, 0.4) is 0 Å². The van der Waals surface area contributed by atoms with E-state index < -0.39 is 11.7 Å². The minimum Gasteiger partial charge on any atom is -0.485 e. The number of carbonyl (C=O) groups excluding carboxylic acids is 2. The second-order valence-electron chi connectivity index (χ2n) is 11.6. The van der Waals surface area contributed by atoms with Gasteiger partial charge in [0.25, 0.3) is 11.8 Å². The van der Waals surface area contributed by atoms with E-state index in [1.807, 2.05) is 37.1 Å². The number of aliphatic hydroxyl groups excluding tert-OH is 1. The minimum absolute atomic E-state index is 0.0706. The first-order valence-corrected chi connectivity index (χ1v) is 13.8. The Labute approximate surface area is 229 Å². The van der Waals surface area contributed by atoms with Crippen LogP contribution in [0.2, 0.25) is 0 Å². The van der Waals surface area contributed by atoms with E-state index in [2.05, 4.69) is 33.7 Å². The fraction of sp³-hybridized carbons (Fsp3) is 0.419. The van der Waals surface area contributed by atoms with Gasteiger partial charge in [-0.15, -0.1) is 0 Å². The van der Waals surface area contributed by atoms with Gasteiger partial charge in [-0.2, -0.15) is 0 Å². The number of aromatic nitrogens is 1. The van der Waals surface area contributed by atoms with E-state index in [0.29, 0.717) is 43.1 Å². The lowest BCUT2D eigenvalue weighted by Gasteiger charge is -2.33. The summed E-state index contributed by atoms with van der Waals surface area (Å²) >= 11 is 0. The Hall–Kier alpha value is -3.62. The molecule has 1 unspecified atom stereocenters. The predicted molar refractivity (Wildman–Crippen MR) is 148 cm³/mol. The Morgan fingerprint density at radius 1 is 1.00 bits per heavy atom. The molecule has 0 spiro atoms. The normalized spacial score (nSPS) is 19.4. The summed E-state index contributed by atoms with van der Waals surface area (Å²) in [5.41, 5.74) is 4.03. The third-order valence-corrected chi connectivity index (χ3v) is 7.99. The van der Waals surface area contributed by atoms with Gasteiger partial charge in [0.15, 0.2) is 0 Å². The van der Waals surface area contributed by atoms with Gasteiger partial charge in [0.2, 0.25) is 0 Å². The van der Waals surface area contributed by atoms with Crippen molar-refractivity contribution in [1.29, 1.82) is 0 Å². The van der Waals surface area contributed by atoms with Gasteiger partial charge >= 0.3 is 0 Å². The van der Waals surface area contributed by atoms with Crippen LogP contribution in [-0.2, 0) is 26.1 Å². The molecule has 8 nitrogen and oxygen atoms in total. The van der Waals surface area contributed by atoms with Crippen LogP contribution in [0.25, 0.3) is 0 Å². The fourth-order valence-corrected chi connectivity index (χ4v) is 6.09. The molecular formula is C31H36N4O4. The summed E-state index contributed by atoms with van der Waals surface area (Å²) in [5.74, 6) is 0.160. The molecule has 204 valence electrons. The van der Waals surface area contributed by atoms with E-state index in [-0.39, 0.29) is 18.4 Å². The second-order valence-corrected chi connectivity index (χ2v) is 11.6. The molecule has 3 aromatic rings. The molecular weight excluding hydrogens is 492 g/mol. The molecule has 1 aromatic heterocycles. The highest BCUT2D eigenvalue weighted by molar-refractivity contribution is 6.00. The number of hydrogen-bond acceptors (Lipinski definition) is 5. The molecule has 1 atom stereocenters. The van der Waals surface area contributed by atoms with E-state index in [4.69, 9.17) is 4.74 Å². The maximum atomic E-state index is 13.6. The summed E-state index contributed by atoms with van der Waals surface area (Å²) in [4.78, 5) is 32.8. The monoisotopic (exact) mass is 528 g/mol. The fourth-order valence-electron chi connectivity index (χ4n) is 6.09. The van der Waals surface area contributed by atoms with E-state index in [0.717, 1.165) is 31.7 Å². The van der Waals surface area contributed by atoms with Crippen LogP contribution in [-0.4, -0.2) is 80.6 Å². The number of rotatable bonds is 5. The molecule has 1 N–H and O–H groups in total. The lowest BCUT2D eigenvalue weighted by molar-refractivity contribution is 0.0287. The van der Waals surface area contributed by atoms with Crippen LogP contribution >= 0.6 is 0 Å². The van der Waals surface area contributed by atoms with Gasteiger partial charge in [0, 0.05) is 56.7 Å². The number of hydrogen-bond donors (Lipinski definition) is 1. The van der Waals surface area contributed by atoms with Gasteiger partial charge in [-0.1, -0.05) is 24.3 Å². The first kappa shape index (κ1) is 25.6.